The van der Waals surface area contributed by atoms with E-state index in [-0.39, 0.29) is 5.97 Å². The first-order valence-electron chi connectivity index (χ1n) is 6.45. The minimum Gasteiger partial charge on any atom is -0.468 e. The molecule has 98 valence electrons. The molecule has 1 aromatic rings. The number of benzene rings is 1. The Morgan fingerprint density at radius 1 is 1.50 bits per heavy atom. The molecule has 1 saturated heterocycles. The number of methoxy groups -OCH3 is 1. The zero-order valence-electron chi connectivity index (χ0n) is 11.3. The number of carbonyl (C=O) groups is 1. The average molecular weight is 247 g/mol. The van der Waals surface area contributed by atoms with Gasteiger partial charge >= 0.3 is 5.97 Å². The predicted octanol–water partition coefficient (Wildman–Crippen LogP) is 2.39. The van der Waals surface area contributed by atoms with E-state index in [1.165, 1.54) is 18.2 Å². The third-order valence-corrected chi connectivity index (χ3v) is 3.81. The molecule has 1 heterocycles. The Kier molecular flexibility index (Phi) is 3.71. The van der Waals surface area contributed by atoms with Gasteiger partial charge in [0.15, 0.2) is 0 Å². The van der Waals surface area contributed by atoms with Gasteiger partial charge in [0.2, 0.25) is 0 Å². The molecule has 1 aliphatic heterocycles. The number of carbonyl (C=O) groups excluding carboxylic acids is 1. The second kappa shape index (κ2) is 5.11. The van der Waals surface area contributed by atoms with Crippen LogP contribution in [0, 0.1) is 6.92 Å². The number of hydrogen-bond donors (Lipinski definition) is 1. The largest absolute Gasteiger partial charge is 0.468 e. The fraction of sp³-hybridized carbons (Fsp3) is 0.533. The molecule has 3 nitrogen and oxygen atoms in total. The number of piperidine rings is 1. The maximum atomic E-state index is 11.8. The molecule has 2 rings (SSSR count). The molecule has 0 bridgehead atoms. The summed E-state index contributed by atoms with van der Waals surface area (Å²) in [6.07, 6.45) is 1.86. The van der Waals surface area contributed by atoms with Gasteiger partial charge in [-0.1, -0.05) is 29.8 Å². The van der Waals surface area contributed by atoms with E-state index in [9.17, 15) is 4.79 Å². The van der Waals surface area contributed by atoms with Gasteiger partial charge in [-0.05, 0) is 44.7 Å². The summed E-state index contributed by atoms with van der Waals surface area (Å²) in [6.45, 7) is 4.88. The summed E-state index contributed by atoms with van der Waals surface area (Å²) in [5, 5.41) is 3.29. The van der Waals surface area contributed by atoms with Gasteiger partial charge < -0.3 is 10.1 Å². The molecule has 0 amide bonds. The number of aryl methyl sites for hydroxylation is 1. The molecule has 1 aliphatic rings. The second-order valence-corrected chi connectivity index (χ2v) is 5.35. The van der Waals surface area contributed by atoms with E-state index in [0.717, 1.165) is 19.4 Å². The zero-order chi connectivity index (χ0) is 13.2. The predicted molar refractivity (Wildman–Crippen MR) is 71.6 cm³/mol. The van der Waals surface area contributed by atoms with Crippen LogP contribution in [0.2, 0.25) is 0 Å². The summed E-state index contributed by atoms with van der Waals surface area (Å²) in [5.41, 5.74) is 2.04. The number of ether oxygens (including phenoxy) is 1. The van der Waals surface area contributed by atoms with Crippen LogP contribution >= 0.6 is 0 Å². The lowest BCUT2D eigenvalue weighted by molar-refractivity contribution is -0.149. The molecule has 1 aromatic carbocycles. The highest BCUT2D eigenvalue weighted by Crippen LogP contribution is 2.33. The molecule has 1 N–H and O–H groups in total. The number of hydrogen-bond acceptors (Lipinski definition) is 3. The zero-order valence-corrected chi connectivity index (χ0v) is 11.3. The van der Waals surface area contributed by atoms with Crippen molar-refractivity contribution < 1.29 is 9.53 Å². The van der Waals surface area contributed by atoms with Crippen molar-refractivity contribution in [2.75, 3.05) is 13.7 Å². The van der Waals surface area contributed by atoms with Gasteiger partial charge in [0.25, 0.3) is 0 Å². The van der Waals surface area contributed by atoms with E-state index in [0.29, 0.717) is 5.92 Å². The van der Waals surface area contributed by atoms with Crippen molar-refractivity contribution in [3.05, 3.63) is 35.4 Å². The van der Waals surface area contributed by atoms with Gasteiger partial charge in [-0.3, -0.25) is 4.79 Å². The maximum absolute atomic E-state index is 11.8. The molecule has 0 saturated carbocycles. The van der Waals surface area contributed by atoms with Gasteiger partial charge in [-0.15, -0.1) is 0 Å². The Balaban J connectivity index is 2.19. The second-order valence-electron chi connectivity index (χ2n) is 5.35. The smallest absolute Gasteiger partial charge is 0.325 e. The van der Waals surface area contributed by atoms with Gasteiger partial charge in [0.05, 0.1) is 7.11 Å². The third-order valence-electron chi connectivity index (χ3n) is 3.81. The Hall–Kier alpha value is -1.35. The van der Waals surface area contributed by atoms with Crippen molar-refractivity contribution in [2.45, 2.75) is 38.1 Å². The maximum Gasteiger partial charge on any atom is 0.325 e. The van der Waals surface area contributed by atoms with E-state index in [1.807, 2.05) is 6.92 Å². The van der Waals surface area contributed by atoms with Crippen LogP contribution < -0.4 is 5.32 Å². The summed E-state index contributed by atoms with van der Waals surface area (Å²) in [5.74, 6) is 0.259. The Labute approximate surface area is 109 Å². The number of rotatable bonds is 2. The Morgan fingerprint density at radius 2 is 2.28 bits per heavy atom. The minimum absolute atomic E-state index is 0.167. The van der Waals surface area contributed by atoms with Crippen molar-refractivity contribution in [2.24, 2.45) is 0 Å². The van der Waals surface area contributed by atoms with E-state index >= 15 is 0 Å². The Bertz CT molecular complexity index is 444. The Morgan fingerprint density at radius 3 is 2.94 bits per heavy atom. The highest BCUT2D eigenvalue weighted by Gasteiger charge is 2.39. The summed E-state index contributed by atoms with van der Waals surface area (Å²) in [7, 11) is 1.45. The SMILES string of the molecule is COC(=O)C1(C)CC(c2cccc(C)c2)CCN1. The van der Waals surface area contributed by atoms with Gasteiger partial charge in [0.1, 0.15) is 5.54 Å². The number of nitrogens with one attached hydrogen (secondary N) is 1. The minimum atomic E-state index is -0.554. The average Bonchev–Trinajstić information content (AvgIpc) is 2.38. The molecule has 0 aromatic heterocycles. The summed E-state index contributed by atoms with van der Waals surface area (Å²) in [4.78, 5) is 11.8. The molecule has 18 heavy (non-hydrogen) atoms. The lowest BCUT2D eigenvalue weighted by Gasteiger charge is -2.37. The van der Waals surface area contributed by atoms with Crippen LogP contribution in [0.5, 0.6) is 0 Å². The van der Waals surface area contributed by atoms with Crippen molar-refractivity contribution in [3.63, 3.8) is 0 Å². The topological polar surface area (TPSA) is 38.3 Å². The lowest BCUT2D eigenvalue weighted by atomic mass is 9.79. The van der Waals surface area contributed by atoms with E-state index < -0.39 is 5.54 Å². The van der Waals surface area contributed by atoms with Crippen LogP contribution in [0.25, 0.3) is 0 Å². The van der Waals surface area contributed by atoms with Crippen LogP contribution in [-0.2, 0) is 9.53 Å². The van der Waals surface area contributed by atoms with Crippen molar-refractivity contribution >= 4 is 5.97 Å². The van der Waals surface area contributed by atoms with E-state index in [4.69, 9.17) is 4.74 Å². The standard InChI is InChI=1S/C15H21NO2/c1-11-5-4-6-12(9-11)13-7-8-16-15(2,10-13)14(17)18-3/h4-6,9,13,16H,7-8,10H2,1-3H3. The van der Waals surface area contributed by atoms with Crippen LogP contribution in [0.15, 0.2) is 24.3 Å². The molecular weight excluding hydrogens is 226 g/mol. The van der Waals surface area contributed by atoms with Crippen LogP contribution in [0.4, 0.5) is 0 Å². The fourth-order valence-corrected chi connectivity index (χ4v) is 2.78. The van der Waals surface area contributed by atoms with E-state index in [2.05, 4.69) is 36.5 Å². The third kappa shape index (κ3) is 2.56. The fourth-order valence-electron chi connectivity index (χ4n) is 2.78. The molecule has 0 spiro atoms. The van der Waals surface area contributed by atoms with Crippen LogP contribution in [-0.4, -0.2) is 25.2 Å². The highest BCUT2D eigenvalue weighted by atomic mass is 16.5. The normalized spacial score (nSPS) is 27.8. The first kappa shape index (κ1) is 13.1. The first-order chi connectivity index (χ1) is 8.55. The molecule has 0 aliphatic carbocycles. The molecule has 3 heteroatoms. The van der Waals surface area contributed by atoms with Crippen molar-refractivity contribution in [1.82, 2.24) is 5.32 Å². The van der Waals surface area contributed by atoms with Crippen LogP contribution in [0.1, 0.15) is 36.8 Å². The van der Waals surface area contributed by atoms with Crippen molar-refractivity contribution in [3.8, 4) is 0 Å². The highest BCUT2D eigenvalue weighted by molar-refractivity contribution is 5.80. The number of esters is 1. The molecular formula is C15H21NO2. The molecule has 2 unspecified atom stereocenters. The monoisotopic (exact) mass is 247 g/mol. The van der Waals surface area contributed by atoms with Crippen LogP contribution in [0.3, 0.4) is 0 Å². The summed E-state index contributed by atoms with van der Waals surface area (Å²) in [6, 6.07) is 8.56. The van der Waals surface area contributed by atoms with E-state index in [1.54, 1.807) is 0 Å². The molecule has 1 fully saturated rings. The van der Waals surface area contributed by atoms with Gasteiger partial charge in [0, 0.05) is 0 Å². The molecule has 2 atom stereocenters. The quantitative estimate of drug-likeness (QED) is 0.816. The molecule has 0 radical (unpaired) electrons. The lowest BCUT2D eigenvalue weighted by Crippen LogP contribution is -2.54. The first-order valence-corrected chi connectivity index (χ1v) is 6.45. The van der Waals surface area contributed by atoms with Crippen molar-refractivity contribution in [1.29, 1.82) is 0 Å². The summed E-state index contributed by atoms with van der Waals surface area (Å²) >= 11 is 0. The van der Waals surface area contributed by atoms with Gasteiger partial charge in [-0.2, -0.15) is 0 Å². The summed E-state index contributed by atoms with van der Waals surface area (Å²) < 4.78 is 4.90. The van der Waals surface area contributed by atoms with Gasteiger partial charge in [-0.25, -0.2) is 0 Å².